The SMILES string of the molecule is CCCC(C(=O)OCC)C(=O)c1ccc(F)c(F)c1F. The van der Waals surface area contributed by atoms with Crippen LogP contribution in [0.3, 0.4) is 0 Å². The number of esters is 1. The highest BCUT2D eigenvalue weighted by Gasteiger charge is 2.31. The van der Waals surface area contributed by atoms with Crippen LogP contribution in [0.4, 0.5) is 13.2 Å². The zero-order valence-electron chi connectivity index (χ0n) is 11.2. The smallest absolute Gasteiger partial charge is 0.316 e. The lowest BCUT2D eigenvalue weighted by atomic mass is 9.93. The van der Waals surface area contributed by atoms with Gasteiger partial charge in [-0.05, 0) is 25.5 Å². The highest BCUT2D eigenvalue weighted by Crippen LogP contribution is 2.21. The lowest BCUT2D eigenvalue weighted by Gasteiger charge is -2.14. The van der Waals surface area contributed by atoms with Gasteiger partial charge in [-0.1, -0.05) is 13.3 Å². The van der Waals surface area contributed by atoms with Crippen molar-refractivity contribution in [1.82, 2.24) is 0 Å². The average molecular weight is 288 g/mol. The molecule has 0 amide bonds. The molecule has 110 valence electrons. The van der Waals surface area contributed by atoms with Crippen molar-refractivity contribution in [3.8, 4) is 0 Å². The highest BCUT2D eigenvalue weighted by molar-refractivity contribution is 6.08. The molecule has 0 aromatic heterocycles. The summed E-state index contributed by atoms with van der Waals surface area (Å²) in [7, 11) is 0. The first-order chi connectivity index (χ1) is 9.43. The third kappa shape index (κ3) is 3.37. The molecule has 0 fully saturated rings. The molecule has 1 aromatic carbocycles. The Morgan fingerprint density at radius 2 is 1.80 bits per heavy atom. The number of Topliss-reactive ketones (excluding diaryl/α,β-unsaturated/α-hetero) is 1. The van der Waals surface area contributed by atoms with E-state index in [9.17, 15) is 22.8 Å². The lowest BCUT2D eigenvalue weighted by Crippen LogP contribution is -2.27. The van der Waals surface area contributed by atoms with Crippen molar-refractivity contribution < 1.29 is 27.5 Å². The summed E-state index contributed by atoms with van der Waals surface area (Å²) >= 11 is 0. The topological polar surface area (TPSA) is 43.4 Å². The van der Waals surface area contributed by atoms with E-state index in [0.29, 0.717) is 12.5 Å². The van der Waals surface area contributed by atoms with Crippen LogP contribution in [0.5, 0.6) is 0 Å². The van der Waals surface area contributed by atoms with Crippen molar-refractivity contribution in [3.63, 3.8) is 0 Å². The molecule has 0 spiro atoms. The van der Waals surface area contributed by atoms with Gasteiger partial charge in [0.05, 0.1) is 12.2 Å². The number of carbonyl (C=O) groups excluding carboxylic acids is 2. The number of ketones is 1. The largest absolute Gasteiger partial charge is 0.465 e. The van der Waals surface area contributed by atoms with E-state index in [2.05, 4.69) is 0 Å². The minimum atomic E-state index is -1.73. The van der Waals surface area contributed by atoms with Gasteiger partial charge < -0.3 is 4.74 Å². The normalized spacial score (nSPS) is 12.1. The Kier molecular flexibility index (Phi) is 5.73. The van der Waals surface area contributed by atoms with E-state index in [1.807, 2.05) is 0 Å². The van der Waals surface area contributed by atoms with Crippen LogP contribution in [0.1, 0.15) is 37.0 Å². The fraction of sp³-hybridized carbons (Fsp3) is 0.429. The Morgan fingerprint density at radius 3 is 2.35 bits per heavy atom. The van der Waals surface area contributed by atoms with Crippen molar-refractivity contribution in [2.24, 2.45) is 5.92 Å². The van der Waals surface area contributed by atoms with Crippen molar-refractivity contribution in [1.29, 1.82) is 0 Å². The maximum Gasteiger partial charge on any atom is 0.316 e. The second-order valence-electron chi connectivity index (χ2n) is 4.18. The van der Waals surface area contributed by atoms with E-state index in [0.717, 1.165) is 6.07 Å². The molecule has 0 heterocycles. The summed E-state index contributed by atoms with van der Waals surface area (Å²) in [6.45, 7) is 3.39. The first-order valence-electron chi connectivity index (χ1n) is 6.28. The summed E-state index contributed by atoms with van der Waals surface area (Å²) in [5.74, 6) is -7.60. The van der Waals surface area contributed by atoms with Crippen LogP contribution >= 0.6 is 0 Å². The molecule has 0 bridgehead atoms. The van der Waals surface area contributed by atoms with Crippen LogP contribution in [-0.2, 0) is 9.53 Å². The van der Waals surface area contributed by atoms with E-state index in [4.69, 9.17) is 4.74 Å². The summed E-state index contributed by atoms with van der Waals surface area (Å²) in [4.78, 5) is 23.8. The molecule has 1 rings (SSSR count). The van der Waals surface area contributed by atoms with Gasteiger partial charge in [-0.3, -0.25) is 9.59 Å². The molecule has 20 heavy (non-hydrogen) atoms. The molecule has 0 saturated heterocycles. The van der Waals surface area contributed by atoms with Gasteiger partial charge in [-0.2, -0.15) is 0 Å². The van der Waals surface area contributed by atoms with E-state index in [1.165, 1.54) is 0 Å². The molecule has 6 heteroatoms. The zero-order chi connectivity index (χ0) is 15.3. The quantitative estimate of drug-likeness (QED) is 0.349. The minimum absolute atomic E-state index is 0.0760. The maximum absolute atomic E-state index is 13.6. The van der Waals surface area contributed by atoms with Gasteiger partial charge >= 0.3 is 5.97 Å². The number of ether oxygens (including phenoxy) is 1. The number of rotatable bonds is 6. The third-order valence-corrected chi connectivity index (χ3v) is 2.77. The molecule has 0 aliphatic heterocycles. The van der Waals surface area contributed by atoms with Gasteiger partial charge in [-0.25, -0.2) is 13.2 Å². The molecule has 0 N–H and O–H groups in total. The van der Waals surface area contributed by atoms with Crippen LogP contribution in [0.25, 0.3) is 0 Å². The maximum atomic E-state index is 13.6. The van der Waals surface area contributed by atoms with E-state index in [-0.39, 0.29) is 13.0 Å². The number of benzene rings is 1. The fourth-order valence-corrected chi connectivity index (χ4v) is 1.79. The van der Waals surface area contributed by atoms with E-state index >= 15 is 0 Å². The van der Waals surface area contributed by atoms with Gasteiger partial charge in [0.2, 0.25) is 0 Å². The highest BCUT2D eigenvalue weighted by atomic mass is 19.2. The summed E-state index contributed by atoms with van der Waals surface area (Å²) in [5.41, 5.74) is -0.643. The van der Waals surface area contributed by atoms with Crippen molar-refractivity contribution in [2.75, 3.05) is 6.61 Å². The standard InChI is InChI=1S/C14H15F3O3/c1-3-5-9(14(19)20-4-2)13(18)8-6-7-10(15)12(17)11(8)16/h6-7,9H,3-5H2,1-2H3. The second kappa shape index (κ2) is 7.07. The van der Waals surface area contributed by atoms with Gasteiger partial charge in [0, 0.05) is 0 Å². The first-order valence-corrected chi connectivity index (χ1v) is 6.28. The predicted octanol–water partition coefficient (Wildman–Crippen LogP) is 3.27. The molecular weight excluding hydrogens is 273 g/mol. The van der Waals surface area contributed by atoms with Gasteiger partial charge in [0.25, 0.3) is 0 Å². The lowest BCUT2D eigenvalue weighted by molar-refractivity contribution is -0.146. The number of hydrogen-bond donors (Lipinski definition) is 0. The van der Waals surface area contributed by atoms with Crippen molar-refractivity contribution >= 4 is 11.8 Å². The molecule has 1 atom stereocenters. The second-order valence-corrected chi connectivity index (χ2v) is 4.18. The van der Waals surface area contributed by atoms with Crippen LogP contribution in [0.15, 0.2) is 12.1 Å². The fourth-order valence-electron chi connectivity index (χ4n) is 1.79. The van der Waals surface area contributed by atoms with Crippen LogP contribution in [0.2, 0.25) is 0 Å². The Hall–Kier alpha value is -1.85. The first kappa shape index (κ1) is 16.2. The molecule has 0 aliphatic rings. The van der Waals surface area contributed by atoms with E-state index < -0.39 is 40.7 Å². The third-order valence-electron chi connectivity index (χ3n) is 2.77. The zero-order valence-corrected chi connectivity index (χ0v) is 11.2. The molecule has 0 aliphatic carbocycles. The van der Waals surface area contributed by atoms with Gasteiger partial charge in [-0.15, -0.1) is 0 Å². The molecular formula is C14H15F3O3. The van der Waals surface area contributed by atoms with E-state index in [1.54, 1.807) is 13.8 Å². The monoisotopic (exact) mass is 288 g/mol. The van der Waals surface area contributed by atoms with Crippen molar-refractivity contribution in [3.05, 3.63) is 35.1 Å². The van der Waals surface area contributed by atoms with Gasteiger partial charge in [0.15, 0.2) is 23.2 Å². The molecule has 3 nitrogen and oxygen atoms in total. The predicted molar refractivity (Wildman–Crippen MR) is 65.7 cm³/mol. The summed E-state index contributed by atoms with van der Waals surface area (Å²) in [6, 6.07) is 1.48. The van der Waals surface area contributed by atoms with Crippen LogP contribution in [-0.4, -0.2) is 18.4 Å². The average Bonchev–Trinajstić information content (AvgIpc) is 2.42. The Balaban J connectivity index is 3.13. The molecule has 0 radical (unpaired) electrons. The minimum Gasteiger partial charge on any atom is -0.465 e. The Labute approximate surface area is 114 Å². The Morgan fingerprint density at radius 1 is 1.15 bits per heavy atom. The van der Waals surface area contributed by atoms with Gasteiger partial charge in [0.1, 0.15) is 5.92 Å². The molecule has 1 aromatic rings. The summed E-state index contributed by atoms with van der Waals surface area (Å²) < 4.78 is 44.3. The Bertz CT molecular complexity index is 515. The van der Waals surface area contributed by atoms with Crippen molar-refractivity contribution in [2.45, 2.75) is 26.7 Å². The number of carbonyl (C=O) groups is 2. The number of halogens is 3. The summed E-state index contributed by atoms with van der Waals surface area (Å²) in [5, 5.41) is 0. The van der Waals surface area contributed by atoms with Crippen LogP contribution < -0.4 is 0 Å². The molecule has 0 saturated carbocycles. The van der Waals surface area contributed by atoms with Crippen LogP contribution in [0, 0.1) is 23.4 Å². The number of hydrogen-bond acceptors (Lipinski definition) is 3. The summed E-state index contributed by atoms with van der Waals surface area (Å²) in [6.07, 6.45) is 0.636. The molecule has 1 unspecified atom stereocenters.